The first-order chi connectivity index (χ1) is 11.7. The molecule has 1 aliphatic heterocycles. The first-order valence-electron chi connectivity index (χ1n) is 8.21. The fourth-order valence-electron chi connectivity index (χ4n) is 2.90. The summed E-state index contributed by atoms with van der Waals surface area (Å²) in [6.07, 6.45) is 5.56. The standard InChI is InChI=1S/C18H24N2O3S/c1-21-14-10-15(22-2)17(16(11-14)23-3)12-6-8-20(9-7-12)18(24)19-13-4-5-13/h6,10-11,13H,4-5,7-9H2,1-3H3,(H,19,24). The van der Waals surface area contributed by atoms with Crippen molar-refractivity contribution in [2.45, 2.75) is 25.3 Å². The summed E-state index contributed by atoms with van der Waals surface area (Å²) in [4.78, 5) is 2.21. The minimum absolute atomic E-state index is 0.588. The van der Waals surface area contributed by atoms with E-state index in [0.717, 1.165) is 47.4 Å². The largest absolute Gasteiger partial charge is 0.496 e. The van der Waals surface area contributed by atoms with E-state index in [2.05, 4.69) is 16.3 Å². The summed E-state index contributed by atoms with van der Waals surface area (Å²) in [6, 6.07) is 4.37. The fourth-order valence-corrected chi connectivity index (χ4v) is 3.23. The van der Waals surface area contributed by atoms with Crippen LogP contribution < -0.4 is 19.5 Å². The first kappa shape index (κ1) is 16.9. The molecular formula is C18H24N2O3S. The van der Waals surface area contributed by atoms with Crippen molar-refractivity contribution in [1.29, 1.82) is 0 Å². The van der Waals surface area contributed by atoms with E-state index in [1.165, 1.54) is 18.4 Å². The lowest BCUT2D eigenvalue weighted by Gasteiger charge is -2.30. The molecular weight excluding hydrogens is 324 g/mol. The van der Waals surface area contributed by atoms with E-state index in [9.17, 15) is 0 Å². The van der Waals surface area contributed by atoms with Crippen LogP contribution >= 0.6 is 12.2 Å². The van der Waals surface area contributed by atoms with E-state index in [0.29, 0.717) is 6.04 Å². The van der Waals surface area contributed by atoms with Crippen LogP contribution in [0.1, 0.15) is 24.8 Å². The topological polar surface area (TPSA) is 43.0 Å². The number of nitrogens with zero attached hydrogens (tertiary/aromatic N) is 1. The second-order valence-electron chi connectivity index (χ2n) is 6.06. The Bertz CT molecular complexity index is 631. The van der Waals surface area contributed by atoms with E-state index in [-0.39, 0.29) is 0 Å². The monoisotopic (exact) mass is 348 g/mol. The third kappa shape index (κ3) is 3.59. The summed E-state index contributed by atoms with van der Waals surface area (Å²) in [6.45, 7) is 1.69. The maximum atomic E-state index is 5.57. The van der Waals surface area contributed by atoms with E-state index >= 15 is 0 Å². The number of hydrogen-bond donors (Lipinski definition) is 1. The van der Waals surface area contributed by atoms with Gasteiger partial charge in [-0.3, -0.25) is 0 Å². The van der Waals surface area contributed by atoms with Crippen molar-refractivity contribution in [2.24, 2.45) is 0 Å². The van der Waals surface area contributed by atoms with Crippen molar-refractivity contribution in [1.82, 2.24) is 10.2 Å². The Morgan fingerprint density at radius 1 is 1.12 bits per heavy atom. The Morgan fingerprint density at radius 2 is 1.79 bits per heavy atom. The third-order valence-electron chi connectivity index (χ3n) is 4.44. The number of ether oxygens (including phenoxy) is 3. The minimum Gasteiger partial charge on any atom is -0.496 e. The molecule has 0 aromatic heterocycles. The highest BCUT2D eigenvalue weighted by molar-refractivity contribution is 7.80. The second kappa shape index (κ2) is 7.30. The van der Waals surface area contributed by atoms with E-state index in [4.69, 9.17) is 26.4 Å². The van der Waals surface area contributed by atoms with Gasteiger partial charge in [0, 0.05) is 31.3 Å². The summed E-state index contributed by atoms with van der Waals surface area (Å²) >= 11 is 5.50. The zero-order chi connectivity index (χ0) is 17.1. The van der Waals surface area contributed by atoms with Crippen LogP contribution in [0.5, 0.6) is 17.2 Å². The van der Waals surface area contributed by atoms with Crippen molar-refractivity contribution in [3.63, 3.8) is 0 Å². The lowest BCUT2D eigenvalue weighted by atomic mass is 9.97. The van der Waals surface area contributed by atoms with Crippen LogP contribution in [-0.4, -0.2) is 50.5 Å². The summed E-state index contributed by atoms with van der Waals surface area (Å²) in [5, 5.41) is 4.26. The molecule has 0 bridgehead atoms. The molecule has 3 rings (SSSR count). The summed E-state index contributed by atoms with van der Waals surface area (Å²) in [5.74, 6) is 2.26. The van der Waals surface area contributed by atoms with Crippen LogP contribution in [0.3, 0.4) is 0 Å². The zero-order valence-electron chi connectivity index (χ0n) is 14.4. The Balaban J connectivity index is 1.81. The zero-order valence-corrected chi connectivity index (χ0v) is 15.2. The van der Waals surface area contributed by atoms with Crippen LogP contribution in [0, 0.1) is 0 Å². The van der Waals surface area contributed by atoms with Crippen molar-refractivity contribution >= 4 is 22.9 Å². The molecule has 0 saturated heterocycles. The minimum atomic E-state index is 0.588. The number of methoxy groups -OCH3 is 3. The van der Waals surface area contributed by atoms with Gasteiger partial charge in [0.05, 0.1) is 26.9 Å². The highest BCUT2D eigenvalue weighted by Gasteiger charge is 2.26. The highest BCUT2D eigenvalue weighted by atomic mass is 32.1. The molecule has 1 fully saturated rings. The Kier molecular flexibility index (Phi) is 5.14. The van der Waals surface area contributed by atoms with Gasteiger partial charge >= 0.3 is 0 Å². The molecule has 1 N–H and O–H groups in total. The molecule has 1 aromatic rings. The second-order valence-corrected chi connectivity index (χ2v) is 6.44. The maximum absolute atomic E-state index is 5.57. The molecule has 24 heavy (non-hydrogen) atoms. The van der Waals surface area contributed by atoms with Crippen molar-refractivity contribution in [3.05, 3.63) is 23.8 Å². The predicted octanol–water partition coefficient (Wildman–Crippen LogP) is 2.84. The molecule has 0 spiro atoms. The Morgan fingerprint density at radius 3 is 2.25 bits per heavy atom. The van der Waals surface area contributed by atoms with Gasteiger partial charge in [-0.15, -0.1) is 0 Å². The molecule has 0 atom stereocenters. The van der Waals surface area contributed by atoms with Gasteiger partial charge in [-0.25, -0.2) is 0 Å². The fraction of sp³-hybridized carbons (Fsp3) is 0.500. The summed E-state index contributed by atoms with van der Waals surface area (Å²) in [7, 11) is 4.98. The number of nitrogens with one attached hydrogen (secondary N) is 1. The van der Waals surface area contributed by atoms with Crippen molar-refractivity contribution < 1.29 is 14.2 Å². The van der Waals surface area contributed by atoms with Crippen LogP contribution in [0.15, 0.2) is 18.2 Å². The van der Waals surface area contributed by atoms with Gasteiger partial charge in [-0.2, -0.15) is 0 Å². The number of hydrogen-bond acceptors (Lipinski definition) is 4. The highest BCUT2D eigenvalue weighted by Crippen LogP contribution is 2.40. The van der Waals surface area contributed by atoms with E-state index < -0.39 is 0 Å². The lowest BCUT2D eigenvalue weighted by Crippen LogP contribution is -2.42. The van der Waals surface area contributed by atoms with Gasteiger partial charge < -0.3 is 24.4 Å². The molecule has 6 heteroatoms. The SMILES string of the molecule is COc1cc(OC)c(C2=CCN(C(=S)NC3CC3)CC2)c(OC)c1. The quantitative estimate of drug-likeness (QED) is 0.826. The van der Waals surface area contributed by atoms with Crippen molar-refractivity contribution in [3.8, 4) is 17.2 Å². The van der Waals surface area contributed by atoms with Gasteiger partial charge in [0.1, 0.15) is 17.2 Å². The van der Waals surface area contributed by atoms with Crippen LogP contribution in [-0.2, 0) is 0 Å². The lowest BCUT2D eigenvalue weighted by molar-refractivity contribution is 0.372. The molecule has 1 aliphatic carbocycles. The number of thiocarbonyl (C=S) groups is 1. The number of benzene rings is 1. The Hall–Kier alpha value is -1.95. The smallest absolute Gasteiger partial charge is 0.169 e. The first-order valence-corrected chi connectivity index (χ1v) is 8.62. The molecule has 0 amide bonds. The average Bonchev–Trinajstić information content (AvgIpc) is 3.44. The molecule has 1 heterocycles. The molecule has 1 saturated carbocycles. The molecule has 2 aliphatic rings. The predicted molar refractivity (Wildman–Crippen MR) is 99.0 cm³/mol. The molecule has 1 aromatic carbocycles. The molecule has 5 nitrogen and oxygen atoms in total. The van der Waals surface area contributed by atoms with Gasteiger partial charge in [-0.1, -0.05) is 6.08 Å². The normalized spacial score (nSPS) is 17.1. The van der Waals surface area contributed by atoms with Gasteiger partial charge in [0.25, 0.3) is 0 Å². The maximum Gasteiger partial charge on any atom is 0.169 e. The Labute approximate surface area is 148 Å². The van der Waals surface area contributed by atoms with Gasteiger partial charge in [-0.05, 0) is 37.1 Å². The molecule has 0 unspecified atom stereocenters. The summed E-state index contributed by atoms with van der Waals surface area (Å²) in [5.41, 5.74) is 2.22. The average molecular weight is 348 g/mol. The molecule has 130 valence electrons. The van der Waals surface area contributed by atoms with Gasteiger partial charge in [0.15, 0.2) is 5.11 Å². The number of rotatable bonds is 5. The summed E-state index contributed by atoms with van der Waals surface area (Å²) < 4.78 is 16.5. The van der Waals surface area contributed by atoms with Crippen LogP contribution in [0.25, 0.3) is 5.57 Å². The third-order valence-corrected chi connectivity index (χ3v) is 4.81. The van der Waals surface area contributed by atoms with E-state index in [1.54, 1.807) is 21.3 Å². The van der Waals surface area contributed by atoms with Crippen molar-refractivity contribution in [2.75, 3.05) is 34.4 Å². The van der Waals surface area contributed by atoms with E-state index in [1.807, 2.05) is 12.1 Å². The van der Waals surface area contributed by atoms with Crippen LogP contribution in [0.2, 0.25) is 0 Å². The van der Waals surface area contributed by atoms with Crippen LogP contribution in [0.4, 0.5) is 0 Å². The van der Waals surface area contributed by atoms with Gasteiger partial charge in [0.2, 0.25) is 0 Å². The molecule has 0 radical (unpaired) electrons.